The molecule has 0 spiro atoms. The van der Waals surface area contributed by atoms with Crippen LogP contribution in [-0.2, 0) is 6.42 Å². The molecule has 0 atom stereocenters. The number of benzene rings is 1. The summed E-state index contributed by atoms with van der Waals surface area (Å²) in [5, 5.41) is 9.38. The molecule has 0 fully saturated rings. The first-order chi connectivity index (χ1) is 5.65. The third kappa shape index (κ3) is 2.23. The second kappa shape index (κ2) is 4.28. The summed E-state index contributed by atoms with van der Waals surface area (Å²) in [7, 11) is 0. The van der Waals surface area contributed by atoms with E-state index in [1.165, 1.54) is 0 Å². The Kier molecular flexibility index (Phi) is 3.59. The van der Waals surface area contributed by atoms with Crippen LogP contribution in [0.2, 0.25) is 0 Å². The maximum Gasteiger partial charge on any atom is 0.143 e. The van der Waals surface area contributed by atoms with Crippen molar-refractivity contribution in [3.8, 4) is 5.75 Å². The van der Waals surface area contributed by atoms with Gasteiger partial charge in [0.25, 0.3) is 0 Å². The zero-order chi connectivity index (χ0) is 9.14. The molecule has 1 aromatic carbocycles. The molecule has 12 heavy (non-hydrogen) atoms. The maximum absolute atomic E-state index is 9.38. The summed E-state index contributed by atoms with van der Waals surface area (Å²) >= 11 is 6.52. The summed E-state index contributed by atoms with van der Waals surface area (Å²) in [6, 6.07) is 3.77. The van der Waals surface area contributed by atoms with E-state index in [-0.39, 0.29) is 5.75 Å². The lowest BCUT2D eigenvalue weighted by Gasteiger charge is -2.03. The molecular formula is C9H8Br2O. The molecule has 3 heteroatoms. The molecule has 2 radical (unpaired) electrons. The molecular weight excluding hydrogens is 284 g/mol. The highest BCUT2D eigenvalue weighted by atomic mass is 79.9. The molecule has 0 unspecified atom stereocenters. The second-order valence-electron chi connectivity index (χ2n) is 2.44. The van der Waals surface area contributed by atoms with E-state index < -0.39 is 0 Å². The number of hydrogen-bond acceptors (Lipinski definition) is 1. The van der Waals surface area contributed by atoms with Crippen molar-refractivity contribution in [1.82, 2.24) is 0 Å². The Hall–Kier alpha value is -0.0200. The largest absolute Gasteiger partial charge is 0.506 e. The van der Waals surface area contributed by atoms with Crippen molar-refractivity contribution in [1.29, 1.82) is 0 Å². The van der Waals surface area contributed by atoms with Gasteiger partial charge in [0, 0.05) is 0 Å². The molecule has 64 valence electrons. The molecule has 0 aliphatic heterocycles. The lowest BCUT2D eigenvalue weighted by atomic mass is 10.1. The van der Waals surface area contributed by atoms with Gasteiger partial charge in [-0.1, -0.05) is 6.92 Å². The number of hydrogen-bond donors (Lipinski definition) is 1. The zero-order valence-corrected chi connectivity index (χ0v) is 9.74. The average molecular weight is 292 g/mol. The summed E-state index contributed by atoms with van der Waals surface area (Å²) in [4.78, 5) is 0. The molecule has 0 saturated heterocycles. The molecule has 1 nitrogen and oxygen atoms in total. The molecule has 1 aromatic rings. The van der Waals surface area contributed by atoms with Gasteiger partial charge in [-0.05, 0) is 62.4 Å². The summed E-state index contributed by atoms with van der Waals surface area (Å²) in [5.74, 6) is 0.245. The SMILES string of the molecule is C[C]Cc1cc(Br)c(O)c(Br)c1. The van der Waals surface area contributed by atoms with Gasteiger partial charge in [-0.25, -0.2) is 0 Å². The van der Waals surface area contributed by atoms with E-state index in [9.17, 15) is 5.11 Å². The number of aromatic hydroxyl groups is 1. The third-order valence-corrected chi connectivity index (χ3v) is 2.67. The molecule has 0 aliphatic carbocycles. The highest BCUT2D eigenvalue weighted by molar-refractivity contribution is 9.11. The molecule has 0 aliphatic rings. The van der Waals surface area contributed by atoms with Gasteiger partial charge in [0.1, 0.15) is 5.75 Å². The van der Waals surface area contributed by atoms with Crippen molar-refractivity contribution in [2.24, 2.45) is 0 Å². The van der Waals surface area contributed by atoms with E-state index in [2.05, 4.69) is 38.3 Å². The highest BCUT2D eigenvalue weighted by Crippen LogP contribution is 2.33. The van der Waals surface area contributed by atoms with E-state index in [1.54, 1.807) is 0 Å². The van der Waals surface area contributed by atoms with Crippen LogP contribution < -0.4 is 0 Å². The van der Waals surface area contributed by atoms with E-state index >= 15 is 0 Å². The van der Waals surface area contributed by atoms with Crippen molar-refractivity contribution < 1.29 is 5.11 Å². The minimum atomic E-state index is 0.245. The van der Waals surface area contributed by atoms with E-state index in [4.69, 9.17) is 0 Å². The van der Waals surface area contributed by atoms with Crippen molar-refractivity contribution in [2.75, 3.05) is 0 Å². The monoisotopic (exact) mass is 290 g/mol. The fraction of sp³-hybridized carbons (Fsp3) is 0.222. The lowest BCUT2D eigenvalue weighted by Crippen LogP contribution is -1.84. The van der Waals surface area contributed by atoms with Crippen LogP contribution in [0.25, 0.3) is 0 Å². The van der Waals surface area contributed by atoms with E-state index in [0.29, 0.717) is 8.95 Å². The van der Waals surface area contributed by atoms with Crippen LogP contribution >= 0.6 is 31.9 Å². The third-order valence-electron chi connectivity index (χ3n) is 1.46. The van der Waals surface area contributed by atoms with Crippen LogP contribution in [-0.4, -0.2) is 5.11 Å². The molecule has 0 bridgehead atoms. The summed E-state index contributed by atoms with van der Waals surface area (Å²) in [6.07, 6.45) is 3.82. The van der Waals surface area contributed by atoms with Gasteiger partial charge < -0.3 is 5.11 Å². The van der Waals surface area contributed by atoms with Gasteiger partial charge >= 0.3 is 0 Å². The zero-order valence-electron chi connectivity index (χ0n) is 6.56. The maximum atomic E-state index is 9.38. The van der Waals surface area contributed by atoms with Gasteiger partial charge in [0.15, 0.2) is 0 Å². The predicted molar refractivity (Wildman–Crippen MR) is 56.1 cm³/mol. The number of phenols is 1. The Balaban J connectivity index is 3.04. The second-order valence-corrected chi connectivity index (χ2v) is 4.15. The normalized spacial score (nSPS) is 10.2. The molecule has 0 aromatic heterocycles. The quantitative estimate of drug-likeness (QED) is 0.883. The highest BCUT2D eigenvalue weighted by Gasteiger charge is 2.04. The van der Waals surface area contributed by atoms with Crippen LogP contribution in [0.15, 0.2) is 21.1 Å². The average Bonchev–Trinajstić information content (AvgIpc) is 2.01. The Morgan fingerprint density at radius 2 is 1.83 bits per heavy atom. The van der Waals surface area contributed by atoms with Crippen LogP contribution in [0.3, 0.4) is 0 Å². The Labute approximate surface area is 89.1 Å². The van der Waals surface area contributed by atoms with Crippen LogP contribution in [0.5, 0.6) is 5.75 Å². The van der Waals surface area contributed by atoms with Gasteiger partial charge in [-0.3, -0.25) is 0 Å². The molecule has 0 saturated carbocycles. The van der Waals surface area contributed by atoms with Crippen molar-refractivity contribution in [2.45, 2.75) is 13.3 Å². The van der Waals surface area contributed by atoms with Gasteiger partial charge in [-0.15, -0.1) is 0 Å². The Morgan fingerprint density at radius 3 is 2.25 bits per heavy atom. The number of halogens is 2. The lowest BCUT2D eigenvalue weighted by molar-refractivity contribution is 0.468. The van der Waals surface area contributed by atoms with Crippen molar-refractivity contribution in [3.63, 3.8) is 0 Å². The predicted octanol–water partition coefficient (Wildman–Crippen LogP) is 3.56. The van der Waals surface area contributed by atoms with Gasteiger partial charge in [-0.2, -0.15) is 0 Å². The standard InChI is InChI=1S/C9H8Br2O/c1-2-3-6-4-7(10)9(12)8(11)5-6/h4-5,12H,3H2,1H3. The van der Waals surface area contributed by atoms with Crippen LogP contribution in [0, 0.1) is 6.42 Å². The molecule has 1 rings (SSSR count). The summed E-state index contributed by atoms with van der Waals surface area (Å²) < 4.78 is 1.42. The van der Waals surface area contributed by atoms with E-state index in [0.717, 1.165) is 12.0 Å². The fourth-order valence-corrected chi connectivity index (χ4v) is 2.21. The smallest absolute Gasteiger partial charge is 0.143 e. The van der Waals surface area contributed by atoms with Crippen LogP contribution in [0.4, 0.5) is 0 Å². The first-order valence-electron chi connectivity index (χ1n) is 3.46. The first-order valence-corrected chi connectivity index (χ1v) is 5.05. The summed E-state index contributed by atoms with van der Waals surface area (Å²) in [6.45, 7) is 1.88. The Bertz CT molecular complexity index is 261. The van der Waals surface area contributed by atoms with Crippen molar-refractivity contribution >= 4 is 31.9 Å². The fourth-order valence-electron chi connectivity index (χ4n) is 0.924. The van der Waals surface area contributed by atoms with Crippen molar-refractivity contribution in [3.05, 3.63) is 33.1 Å². The van der Waals surface area contributed by atoms with Crippen LogP contribution in [0.1, 0.15) is 12.5 Å². The van der Waals surface area contributed by atoms with Gasteiger partial charge in [0.2, 0.25) is 0 Å². The summed E-state index contributed by atoms with van der Waals surface area (Å²) in [5.41, 5.74) is 1.12. The minimum absolute atomic E-state index is 0.245. The molecule has 1 N–H and O–H groups in total. The Morgan fingerprint density at radius 1 is 1.33 bits per heavy atom. The van der Waals surface area contributed by atoms with Gasteiger partial charge in [0.05, 0.1) is 8.95 Å². The van der Waals surface area contributed by atoms with E-state index in [1.807, 2.05) is 19.1 Å². The minimum Gasteiger partial charge on any atom is -0.506 e. The molecule has 0 amide bonds. The number of rotatable bonds is 2. The first kappa shape index (κ1) is 10.1. The molecule has 0 heterocycles. The number of phenolic OH excluding ortho intramolecular Hbond substituents is 1. The topological polar surface area (TPSA) is 20.2 Å².